The quantitative estimate of drug-likeness (QED) is 0.116. The van der Waals surface area contributed by atoms with Crippen LogP contribution in [0.1, 0.15) is 34.1 Å². The lowest BCUT2D eigenvalue weighted by Gasteiger charge is -2.17. The Morgan fingerprint density at radius 2 is 1.43 bits per heavy atom. The van der Waals surface area contributed by atoms with Gasteiger partial charge in [0.1, 0.15) is 11.4 Å². The van der Waals surface area contributed by atoms with Crippen molar-refractivity contribution in [3.05, 3.63) is 144 Å². The molecule has 7 nitrogen and oxygen atoms in total. The van der Waals surface area contributed by atoms with E-state index in [9.17, 15) is 14.4 Å². The van der Waals surface area contributed by atoms with Crippen molar-refractivity contribution >= 4 is 63.1 Å². The molecule has 1 heterocycles. The minimum atomic E-state index is -0.486. The van der Waals surface area contributed by atoms with Crippen LogP contribution in [0.15, 0.2) is 138 Å². The molecule has 6 aromatic rings. The van der Waals surface area contributed by atoms with Crippen LogP contribution in [0, 0.1) is 0 Å². The summed E-state index contributed by atoms with van der Waals surface area (Å²) >= 11 is 1.46. The molecule has 2 N–H and O–H groups in total. The fraction of sp³-hybridized carbons (Fsp3) is 0.103. The number of nitrogens with zero attached hydrogens (tertiary/aromatic N) is 1. The number of anilines is 1. The SMILES string of the molecule is CCC(Sc1cccc(NC(=O)/C(=C\c2ccc(OC)cc2)NC(=O)c2ccccc2)c1)C(=O)n1c2ccccc2c2ccccc21. The topological polar surface area (TPSA) is 89.4 Å². The first-order chi connectivity index (χ1) is 22.9. The second kappa shape index (κ2) is 14.2. The van der Waals surface area contributed by atoms with Gasteiger partial charge in [0.2, 0.25) is 5.91 Å². The van der Waals surface area contributed by atoms with E-state index in [1.807, 2.05) is 84.3 Å². The molecule has 234 valence electrons. The average molecular weight is 640 g/mol. The van der Waals surface area contributed by atoms with Crippen molar-refractivity contribution in [1.82, 2.24) is 9.88 Å². The Balaban J connectivity index is 1.24. The standard InChI is InChI=1S/C39H33N3O4S/c1-3-36(39(45)42-34-18-9-7-16-31(34)32-17-8-10-19-35(32)42)47-30-15-11-14-28(25-30)40-38(44)33(24-26-20-22-29(46-2)23-21-26)41-37(43)27-12-5-4-6-13-27/h4-25,36H,3H2,1-2H3,(H,40,44)(H,41,43)/b33-24+. The lowest BCUT2D eigenvalue weighted by atomic mass is 10.1. The Morgan fingerprint density at radius 1 is 0.787 bits per heavy atom. The summed E-state index contributed by atoms with van der Waals surface area (Å²) in [4.78, 5) is 41.6. The molecular formula is C39H33N3O4S. The molecule has 0 aliphatic heterocycles. The fourth-order valence-corrected chi connectivity index (χ4v) is 6.48. The molecule has 0 radical (unpaired) electrons. The van der Waals surface area contributed by atoms with E-state index >= 15 is 0 Å². The van der Waals surface area contributed by atoms with Crippen LogP contribution in [0.5, 0.6) is 5.75 Å². The van der Waals surface area contributed by atoms with Crippen molar-refractivity contribution in [2.24, 2.45) is 0 Å². The molecule has 0 aliphatic carbocycles. The van der Waals surface area contributed by atoms with Crippen molar-refractivity contribution in [2.45, 2.75) is 23.5 Å². The molecule has 1 unspecified atom stereocenters. The minimum Gasteiger partial charge on any atom is -0.497 e. The first-order valence-corrected chi connectivity index (χ1v) is 16.2. The monoisotopic (exact) mass is 639 g/mol. The fourth-order valence-electron chi connectivity index (χ4n) is 5.43. The zero-order chi connectivity index (χ0) is 32.8. The first-order valence-electron chi connectivity index (χ1n) is 15.3. The summed E-state index contributed by atoms with van der Waals surface area (Å²) in [5.41, 5.74) is 3.52. The maximum atomic E-state index is 14.1. The van der Waals surface area contributed by atoms with Gasteiger partial charge in [0, 0.05) is 26.9 Å². The van der Waals surface area contributed by atoms with E-state index < -0.39 is 11.8 Å². The Morgan fingerprint density at radius 3 is 2.06 bits per heavy atom. The van der Waals surface area contributed by atoms with Gasteiger partial charge in [0.05, 0.1) is 23.4 Å². The van der Waals surface area contributed by atoms with E-state index in [4.69, 9.17) is 4.74 Å². The number of fused-ring (bicyclic) bond motifs is 3. The smallest absolute Gasteiger partial charge is 0.272 e. The Kier molecular flexibility index (Phi) is 9.50. The summed E-state index contributed by atoms with van der Waals surface area (Å²) in [6.45, 7) is 2.00. The summed E-state index contributed by atoms with van der Waals surface area (Å²) in [5.74, 6) is -0.213. The molecule has 0 aliphatic rings. The van der Waals surface area contributed by atoms with Gasteiger partial charge in [0.15, 0.2) is 0 Å². The van der Waals surface area contributed by atoms with Gasteiger partial charge in [-0.2, -0.15) is 0 Å². The number of amides is 2. The number of hydrogen-bond donors (Lipinski definition) is 2. The van der Waals surface area contributed by atoms with Crippen LogP contribution in [0.4, 0.5) is 5.69 Å². The van der Waals surface area contributed by atoms with Gasteiger partial charge < -0.3 is 15.4 Å². The Hall–Kier alpha value is -5.60. The van der Waals surface area contributed by atoms with E-state index in [2.05, 4.69) is 10.6 Å². The number of methoxy groups -OCH3 is 1. The average Bonchev–Trinajstić information content (AvgIpc) is 3.45. The Labute approximate surface area is 277 Å². The number of nitrogens with one attached hydrogen (secondary N) is 2. The van der Waals surface area contributed by atoms with Crippen molar-refractivity contribution in [2.75, 3.05) is 12.4 Å². The largest absolute Gasteiger partial charge is 0.497 e. The van der Waals surface area contributed by atoms with E-state index in [1.165, 1.54) is 11.8 Å². The zero-order valence-electron chi connectivity index (χ0n) is 26.0. The van der Waals surface area contributed by atoms with Crippen molar-refractivity contribution in [3.8, 4) is 5.75 Å². The van der Waals surface area contributed by atoms with Gasteiger partial charge >= 0.3 is 0 Å². The van der Waals surface area contributed by atoms with E-state index in [-0.39, 0.29) is 16.9 Å². The van der Waals surface area contributed by atoms with Crippen LogP contribution >= 0.6 is 11.8 Å². The number of benzene rings is 5. The van der Waals surface area contributed by atoms with Crippen LogP contribution in [0.3, 0.4) is 0 Å². The Bertz CT molecular complexity index is 2050. The highest BCUT2D eigenvalue weighted by molar-refractivity contribution is 8.00. The highest BCUT2D eigenvalue weighted by Crippen LogP contribution is 2.33. The maximum Gasteiger partial charge on any atom is 0.272 e. The maximum absolute atomic E-state index is 14.1. The van der Waals surface area contributed by atoms with Gasteiger partial charge in [-0.3, -0.25) is 19.0 Å². The van der Waals surface area contributed by atoms with Gasteiger partial charge in [-0.1, -0.05) is 79.7 Å². The molecule has 0 fully saturated rings. The molecular weight excluding hydrogens is 607 g/mol. The number of para-hydroxylation sites is 2. The van der Waals surface area contributed by atoms with Crippen molar-refractivity contribution < 1.29 is 19.1 Å². The van der Waals surface area contributed by atoms with Gasteiger partial charge in [0.25, 0.3) is 11.8 Å². The second-order valence-corrected chi connectivity index (χ2v) is 12.1. The molecule has 47 heavy (non-hydrogen) atoms. The molecule has 2 amide bonds. The lowest BCUT2D eigenvalue weighted by Crippen LogP contribution is -2.30. The zero-order valence-corrected chi connectivity index (χ0v) is 26.8. The van der Waals surface area contributed by atoms with Gasteiger partial charge in [-0.15, -0.1) is 11.8 Å². The molecule has 1 atom stereocenters. The van der Waals surface area contributed by atoms with Crippen molar-refractivity contribution in [1.29, 1.82) is 0 Å². The molecule has 0 spiro atoms. The third-order valence-corrected chi connectivity index (χ3v) is 9.12. The predicted octanol–water partition coefficient (Wildman–Crippen LogP) is 8.42. The number of aromatic nitrogens is 1. The number of hydrogen-bond acceptors (Lipinski definition) is 5. The molecule has 0 saturated carbocycles. The predicted molar refractivity (Wildman–Crippen MR) is 190 cm³/mol. The molecule has 6 rings (SSSR count). The molecule has 5 aromatic carbocycles. The highest BCUT2D eigenvalue weighted by Gasteiger charge is 2.24. The molecule has 1 aromatic heterocycles. The van der Waals surface area contributed by atoms with E-state index in [0.717, 1.165) is 26.7 Å². The number of carbonyl (C=O) groups is 3. The number of rotatable bonds is 10. The summed E-state index contributed by atoms with van der Waals surface area (Å²) in [5, 5.41) is 7.42. The normalized spacial score (nSPS) is 12.1. The van der Waals surface area contributed by atoms with Crippen LogP contribution in [0.25, 0.3) is 27.9 Å². The van der Waals surface area contributed by atoms with Gasteiger partial charge in [-0.25, -0.2) is 0 Å². The molecule has 0 saturated heterocycles. The van der Waals surface area contributed by atoms with Crippen LogP contribution in [-0.4, -0.2) is 34.6 Å². The van der Waals surface area contributed by atoms with Crippen LogP contribution in [0.2, 0.25) is 0 Å². The second-order valence-electron chi connectivity index (χ2n) is 10.9. The van der Waals surface area contributed by atoms with Crippen LogP contribution < -0.4 is 15.4 Å². The molecule has 8 heteroatoms. The minimum absolute atomic E-state index is 0.00215. The van der Waals surface area contributed by atoms with Crippen molar-refractivity contribution in [3.63, 3.8) is 0 Å². The summed E-state index contributed by atoms with van der Waals surface area (Å²) in [6.07, 6.45) is 2.23. The number of ether oxygens (including phenoxy) is 1. The van der Waals surface area contributed by atoms with E-state index in [0.29, 0.717) is 29.0 Å². The van der Waals surface area contributed by atoms with Gasteiger partial charge in [-0.05, 0) is 72.7 Å². The third-order valence-electron chi connectivity index (χ3n) is 7.77. The third kappa shape index (κ3) is 6.98. The van der Waals surface area contributed by atoms with E-state index in [1.54, 1.807) is 67.8 Å². The first kappa shape index (κ1) is 31.4. The highest BCUT2D eigenvalue weighted by atomic mass is 32.2. The van der Waals surface area contributed by atoms with Crippen LogP contribution in [-0.2, 0) is 4.79 Å². The summed E-state index contributed by atoms with van der Waals surface area (Å²) < 4.78 is 7.07. The number of thioether (sulfide) groups is 1. The lowest BCUT2D eigenvalue weighted by molar-refractivity contribution is -0.113. The number of carbonyl (C=O) groups excluding carboxylic acids is 3. The summed E-state index contributed by atoms with van der Waals surface area (Å²) in [7, 11) is 1.58. The summed E-state index contributed by atoms with van der Waals surface area (Å²) in [6, 6.07) is 39.2. The molecule has 0 bridgehead atoms.